The van der Waals surface area contributed by atoms with E-state index >= 15 is 0 Å². The van der Waals surface area contributed by atoms with E-state index in [1.807, 2.05) is 6.92 Å². The molecule has 1 aliphatic rings. The molecule has 3 nitrogen and oxygen atoms in total. The number of amides is 1. The Labute approximate surface area is 107 Å². The van der Waals surface area contributed by atoms with Gasteiger partial charge in [-0.15, -0.1) is 0 Å². The minimum Gasteiger partial charge on any atom is -0.325 e. The van der Waals surface area contributed by atoms with E-state index in [4.69, 9.17) is 0 Å². The van der Waals surface area contributed by atoms with Crippen LogP contribution < -0.4 is 10.2 Å². The van der Waals surface area contributed by atoms with E-state index in [0.717, 1.165) is 13.1 Å². The number of hydrogen-bond donors (Lipinski definition) is 2. The fourth-order valence-electron chi connectivity index (χ4n) is 2.37. The fourth-order valence-corrected chi connectivity index (χ4v) is 2.37. The monoisotopic (exact) mass is 251 g/mol. The Hall–Kier alpha value is -1.42. The summed E-state index contributed by atoms with van der Waals surface area (Å²) in [4.78, 5) is 13.4. The summed E-state index contributed by atoms with van der Waals surface area (Å²) in [6.07, 6.45) is 2.37. The highest BCUT2D eigenvalue weighted by Crippen LogP contribution is 2.13. The summed E-state index contributed by atoms with van der Waals surface area (Å²) in [7, 11) is 0. The molecule has 1 amide bonds. The van der Waals surface area contributed by atoms with Gasteiger partial charge < -0.3 is 10.2 Å². The van der Waals surface area contributed by atoms with Crippen LogP contribution in [0.2, 0.25) is 0 Å². The maximum absolute atomic E-state index is 13.4. The Kier molecular flexibility index (Phi) is 3.97. The number of benzene rings is 1. The van der Waals surface area contributed by atoms with Crippen LogP contribution in [0.3, 0.4) is 0 Å². The van der Waals surface area contributed by atoms with E-state index in [9.17, 15) is 9.18 Å². The van der Waals surface area contributed by atoms with Gasteiger partial charge in [-0.2, -0.15) is 0 Å². The molecule has 98 valence electrons. The molecule has 1 fully saturated rings. The minimum absolute atomic E-state index is 0.0323. The van der Waals surface area contributed by atoms with Gasteiger partial charge in [0.2, 0.25) is 0 Å². The second-order valence-corrected chi connectivity index (χ2v) is 5.04. The summed E-state index contributed by atoms with van der Waals surface area (Å²) in [6, 6.07) is 4.72. The van der Waals surface area contributed by atoms with Gasteiger partial charge in [-0.05, 0) is 31.5 Å². The van der Waals surface area contributed by atoms with Crippen LogP contribution in [0, 0.1) is 12.7 Å². The van der Waals surface area contributed by atoms with Crippen LogP contribution in [-0.2, 0) is 4.79 Å². The largest absolute Gasteiger partial charge is 0.325 e. The Morgan fingerprint density at radius 3 is 2.67 bits per heavy atom. The smallest absolute Gasteiger partial charge is 0.282 e. The number of rotatable bonds is 3. The Bertz CT molecular complexity index is 441. The number of likely N-dealkylation sites (tertiary alicyclic amines) is 1. The maximum atomic E-state index is 13.4. The number of carbonyl (C=O) groups excluding carboxylic acids is 1. The standard InChI is InChI=1S/C14H19FN2O/c1-10-5-6-12(9-13(10)15)16-14(18)11(2)17-7-3-4-8-17/h5-6,9,11H,3-4,7-8H2,1-2H3,(H,16,18)/p+1/t11-/m0/s1. The van der Waals surface area contributed by atoms with Gasteiger partial charge in [-0.1, -0.05) is 6.07 Å². The van der Waals surface area contributed by atoms with Gasteiger partial charge in [0.05, 0.1) is 13.1 Å². The molecule has 0 aliphatic carbocycles. The topological polar surface area (TPSA) is 33.5 Å². The number of nitrogens with one attached hydrogen (secondary N) is 2. The highest BCUT2D eigenvalue weighted by atomic mass is 19.1. The predicted molar refractivity (Wildman–Crippen MR) is 69.2 cm³/mol. The highest BCUT2D eigenvalue weighted by molar-refractivity contribution is 5.93. The summed E-state index contributed by atoms with van der Waals surface area (Å²) < 4.78 is 13.4. The molecule has 1 atom stereocenters. The Balaban J connectivity index is 1.99. The molecule has 1 aromatic carbocycles. The first-order valence-corrected chi connectivity index (χ1v) is 6.49. The molecule has 0 unspecified atom stereocenters. The summed E-state index contributed by atoms with van der Waals surface area (Å²) >= 11 is 0. The summed E-state index contributed by atoms with van der Waals surface area (Å²) in [5.74, 6) is -0.316. The maximum Gasteiger partial charge on any atom is 0.282 e. The number of quaternary nitrogens is 1. The third-order valence-electron chi connectivity index (χ3n) is 3.69. The summed E-state index contributed by atoms with van der Waals surface area (Å²) in [6.45, 7) is 5.74. The average molecular weight is 251 g/mol. The van der Waals surface area contributed by atoms with Gasteiger partial charge >= 0.3 is 0 Å². The lowest BCUT2D eigenvalue weighted by atomic mass is 10.2. The summed E-state index contributed by atoms with van der Waals surface area (Å²) in [5.41, 5.74) is 1.12. The van der Waals surface area contributed by atoms with Crippen LogP contribution in [0.4, 0.5) is 10.1 Å². The van der Waals surface area contributed by atoms with E-state index in [1.165, 1.54) is 23.8 Å². The molecular formula is C14H20FN2O+. The van der Waals surface area contributed by atoms with Crippen molar-refractivity contribution in [1.29, 1.82) is 0 Å². The molecule has 2 N–H and O–H groups in total. The Morgan fingerprint density at radius 1 is 1.39 bits per heavy atom. The van der Waals surface area contributed by atoms with E-state index in [-0.39, 0.29) is 17.8 Å². The van der Waals surface area contributed by atoms with Crippen molar-refractivity contribution in [1.82, 2.24) is 0 Å². The molecule has 18 heavy (non-hydrogen) atoms. The molecule has 0 spiro atoms. The van der Waals surface area contributed by atoms with Crippen molar-refractivity contribution in [2.75, 3.05) is 18.4 Å². The zero-order valence-corrected chi connectivity index (χ0v) is 10.9. The number of halogens is 1. The first-order chi connectivity index (χ1) is 8.58. The second-order valence-electron chi connectivity index (χ2n) is 5.04. The van der Waals surface area contributed by atoms with Gasteiger partial charge in [-0.25, -0.2) is 4.39 Å². The first-order valence-electron chi connectivity index (χ1n) is 6.49. The lowest BCUT2D eigenvalue weighted by Crippen LogP contribution is -3.14. The van der Waals surface area contributed by atoms with Crippen molar-refractivity contribution in [2.24, 2.45) is 0 Å². The van der Waals surface area contributed by atoms with Crippen molar-refractivity contribution in [3.8, 4) is 0 Å². The van der Waals surface area contributed by atoms with Crippen LogP contribution in [-0.4, -0.2) is 25.0 Å². The lowest BCUT2D eigenvalue weighted by molar-refractivity contribution is -0.901. The Morgan fingerprint density at radius 2 is 2.06 bits per heavy atom. The molecule has 0 radical (unpaired) electrons. The normalized spacial score (nSPS) is 17.7. The summed E-state index contributed by atoms with van der Waals surface area (Å²) in [5, 5.41) is 2.79. The molecule has 0 saturated carbocycles. The van der Waals surface area contributed by atoms with Gasteiger partial charge in [0, 0.05) is 18.5 Å². The molecule has 0 bridgehead atoms. The van der Waals surface area contributed by atoms with Crippen LogP contribution in [0.25, 0.3) is 0 Å². The molecule has 1 saturated heterocycles. The number of hydrogen-bond acceptors (Lipinski definition) is 1. The van der Waals surface area contributed by atoms with Crippen molar-refractivity contribution in [3.63, 3.8) is 0 Å². The number of aryl methyl sites for hydroxylation is 1. The fraction of sp³-hybridized carbons (Fsp3) is 0.500. The van der Waals surface area contributed by atoms with Crippen molar-refractivity contribution >= 4 is 11.6 Å². The van der Waals surface area contributed by atoms with Gasteiger partial charge in [0.1, 0.15) is 5.82 Å². The van der Waals surface area contributed by atoms with E-state index in [0.29, 0.717) is 11.3 Å². The molecular weight excluding hydrogens is 231 g/mol. The van der Waals surface area contributed by atoms with Crippen molar-refractivity contribution in [2.45, 2.75) is 32.7 Å². The lowest BCUT2D eigenvalue weighted by Gasteiger charge is -2.20. The van der Waals surface area contributed by atoms with Crippen LogP contribution in [0.1, 0.15) is 25.3 Å². The second kappa shape index (κ2) is 5.48. The van der Waals surface area contributed by atoms with E-state index < -0.39 is 0 Å². The van der Waals surface area contributed by atoms with Gasteiger partial charge in [0.15, 0.2) is 6.04 Å². The van der Waals surface area contributed by atoms with Crippen LogP contribution in [0.5, 0.6) is 0 Å². The van der Waals surface area contributed by atoms with Gasteiger partial charge in [0.25, 0.3) is 5.91 Å². The third kappa shape index (κ3) is 2.88. The van der Waals surface area contributed by atoms with Crippen molar-refractivity contribution in [3.05, 3.63) is 29.6 Å². The predicted octanol–water partition coefficient (Wildman–Crippen LogP) is 1.14. The van der Waals surface area contributed by atoms with E-state index in [2.05, 4.69) is 5.32 Å². The zero-order chi connectivity index (χ0) is 13.1. The van der Waals surface area contributed by atoms with Gasteiger partial charge in [-0.3, -0.25) is 4.79 Å². The number of carbonyl (C=O) groups is 1. The molecule has 4 heteroatoms. The molecule has 1 aromatic rings. The van der Waals surface area contributed by atoms with Crippen LogP contribution >= 0.6 is 0 Å². The van der Waals surface area contributed by atoms with E-state index in [1.54, 1.807) is 19.1 Å². The minimum atomic E-state index is -0.283. The molecule has 2 rings (SSSR count). The third-order valence-corrected chi connectivity index (χ3v) is 3.69. The first kappa shape index (κ1) is 13.0. The molecule has 1 aliphatic heterocycles. The molecule has 0 aromatic heterocycles. The SMILES string of the molecule is Cc1ccc(NC(=O)[C@H](C)[NH+]2CCCC2)cc1F. The van der Waals surface area contributed by atoms with Crippen molar-refractivity contribution < 1.29 is 14.1 Å². The average Bonchev–Trinajstić information content (AvgIpc) is 2.86. The quantitative estimate of drug-likeness (QED) is 0.830. The number of anilines is 1. The van der Waals surface area contributed by atoms with Crippen LogP contribution in [0.15, 0.2) is 18.2 Å². The zero-order valence-electron chi connectivity index (χ0n) is 10.9. The highest BCUT2D eigenvalue weighted by Gasteiger charge is 2.27. The molecule has 1 heterocycles.